The predicted octanol–water partition coefficient (Wildman–Crippen LogP) is 1.02. The Morgan fingerprint density at radius 3 is 2.60 bits per heavy atom. The minimum absolute atomic E-state index is 0.0408. The smallest absolute Gasteiger partial charge is 0.266 e. The number of anilines is 1. The highest BCUT2D eigenvalue weighted by Gasteiger charge is 2.24. The molecule has 0 saturated carbocycles. The lowest BCUT2D eigenvalue weighted by Gasteiger charge is -2.09. The number of aliphatic hydroxyl groups is 1. The zero-order valence-corrected chi connectivity index (χ0v) is 12.2. The maximum Gasteiger partial charge on any atom is 0.266 e. The van der Waals surface area contributed by atoms with Gasteiger partial charge in [-0.2, -0.15) is 5.10 Å². The molecule has 3 N–H and O–H groups in total. The molecule has 2 rings (SSSR count). The molecule has 0 amide bonds. The molecule has 0 atom stereocenters. The fraction of sp³-hybridized carbons (Fsp3) is 0.333. The van der Waals surface area contributed by atoms with Crippen LogP contribution in [0.25, 0.3) is 0 Å². The summed E-state index contributed by atoms with van der Waals surface area (Å²) in [5, 5.41) is 15.5. The Bertz CT molecular complexity index is 717. The fourth-order valence-corrected chi connectivity index (χ4v) is 3.37. The van der Waals surface area contributed by atoms with E-state index >= 15 is 0 Å². The van der Waals surface area contributed by atoms with Crippen molar-refractivity contribution in [3.05, 3.63) is 34.8 Å². The van der Waals surface area contributed by atoms with Crippen LogP contribution in [0.4, 0.5) is 5.82 Å². The number of nitrogens with zero attached hydrogens (tertiary/aromatic N) is 2. The van der Waals surface area contributed by atoms with Crippen LogP contribution in [0.1, 0.15) is 22.6 Å². The van der Waals surface area contributed by atoms with Gasteiger partial charge in [-0.15, -0.1) is 0 Å². The Balaban J connectivity index is 2.43. The van der Waals surface area contributed by atoms with Crippen molar-refractivity contribution in [1.82, 2.24) is 15.2 Å². The van der Waals surface area contributed by atoms with E-state index in [1.165, 1.54) is 0 Å². The molecular formula is C12H16N4O3S. The Kier molecular flexibility index (Phi) is 3.78. The SMILES string of the molecule is Cc1cc(C)nc(NS(=O)(=O)c2c(CO)n[nH]c2C)c1. The van der Waals surface area contributed by atoms with E-state index in [1.54, 1.807) is 19.9 Å². The van der Waals surface area contributed by atoms with Gasteiger partial charge in [0.15, 0.2) is 0 Å². The standard InChI is InChI=1S/C12H16N4O3S/c1-7-4-8(2)13-11(5-7)16-20(18,19)12-9(3)14-15-10(12)6-17/h4-5,17H,6H2,1-3H3,(H,13,16)(H,14,15). The van der Waals surface area contributed by atoms with Gasteiger partial charge in [0.1, 0.15) is 16.4 Å². The molecule has 0 aliphatic rings. The minimum atomic E-state index is -3.84. The van der Waals surface area contributed by atoms with E-state index in [9.17, 15) is 8.42 Å². The molecule has 0 aliphatic heterocycles. The molecule has 0 unspecified atom stereocenters. The van der Waals surface area contributed by atoms with Crippen LogP contribution in [-0.4, -0.2) is 28.7 Å². The summed E-state index contributed by atoms with van der Waals surface area (Å²) in [7, 11) is -3.84. The van der Waals surface area contributed by atoms with Crippen LogP contribution in [0.2, 0.25) is 0 Å². The lowest BCUT2D eigenvalue weighted by Crippen LogP contribution is -2.16. The number of aliphatic hydroxyl groups excluding tert-OH is 1. The lowest BCUT2D eigenvalue weighted by atomic mass is 10.2. The molecule has 2 aromatic rings. The van der Waals surface area contributed by atoms with Crippen LogP contribution in [0.15, 0.2) is 17.0 Å². The number of aromatic amines is 1. The molecular weight excluding hydrogens is 280 g/mol. The summed E-state index contributed by atoms with van der Waals surface area (Å²) < 4.78 is 27.1. The van der Waals surface area contributed by atoms with E-state index in [1.807, 2.05) is 13.0 Å². The van der Waals surface area contributed by atoms with Crippen molar-refractivity contribution in [2.75, 3.05) is 4.72 Å². The van der Waals surface area contributed by atoms with Gasteiger partial charge in [-0.3, -0.25) is 9.82 Å². The molecule has 0 spiro atoms. The number of sulfonamides is 1. The number of hydrogen-bond donors (Lipinski definition) is 3. The third kappa shape index (κ3) is 2.81. The van der Waals surface area contributed by atoms with Gasteiger partial charge in [-0.25, -0.2) is 13.4 Å². The first-order chi connectivity index (χ1) is 9.33. The topological polar surface area (TPSA) is 108 Å². The quantitative estimate of drug-likeness (QED) is 0.780. The van der Waals surface area contributed by atoms with E-state index in [-0.39, 0.29) is 16.4 Å². The van der Waals surface area contributed by atoms with Gasteiger partial charge in [0.05, 0.1) is 12.3 Å². The van der Waals surface area contributed by atoms with Crippen molar-refractivity contribution >= 4 is 15.8 Å². The van der Waals surface area contributed by atoms with Gasteiger partial charge in [-0.1, -0.05) is 0 Å². The molecule has 108 valence electrons. The number of rotatable bonds is 4. The third-order valence-electron chi connectivity index (χ3n) is 2.72. The number of aryl methyl sites for hydroxylation is 3. The Labute approximate surface area is 117 Å². The second-order valence-corrected chi connectivity index (χ2v) is 6.18. The molecule has 7 nitrogen and oxygen atoms in total. The molecule has 20 heavy (non-hydrogen) atoms. The minimum Gasteiger partial charge on any atom is -0.390 e. The maximum absolute atomic E-state index is 12.4. The molecule has 0 fully saturated rings. The highest BCUT2D eigenvalue weighted by Crippen LogP contribution is 2.21. The number of pyridine rings is 1. The summed E-state index contributed by atoms with van der Waals surface area (Å²) in [6.45, 7) is 4.76. The maximum atomic E-state index is 12.4. The van der Waals surface area contributed by atoms with Crippen molar-refractivity contribution in [2.24, 2.45) is 0 Å². The Morgan fingerprint density at radius 1 is 1.30 bits per heavy atom. The summed E-state index contributed by atoms with van der Waals surface area (Å²) in [5.74, 6) is 0.243. The van der Waals surface area contributed by atoms with Crippen LogP contribution in [0.3, 0.4) is 0 Å². The molecule has 0 radical (unpaired) electrons. The van der Waals surface area contributed by atoms with E-state index in [2.05, 4.69) is 19.9 Å². The highest BCUT2D eigenvalue weighted by molar-refractivity contribution is 7.92. The average Bonchev–Trinajstić information content (AvgIpc) is 2.69. The number of H-pyrrole nitrogens is 1. The normalized spacial score (nSPS) is 11.6. The van der Waals surface area contributed by atoms with E-state index in [0.29, 0.717) is 11.4 Å². The summed E-state index contributed by atoms with van der Waals surface area (Å²) in [5.41, 5.74) is 2.07. The van der Waals surface area contributed by atoms with Crippen LogP contribution in [0.5, 0.6) is 0 Å². The van der Waals surface area contributed by atoms with E-state index in [4.69, 9.17) is 5.11 Å². The van der Waals surface area contributed by atoms with Gasteiger partial charge in [0.2, 0.25) is 0 Å². The van der Waals surface area contributed by atoms with Gasteiger partial charge < -0.3 is 5.11 Å². The van der Waals surface area contributed by atoms with Gasteiger partial charge in [0, 0.05) is 5.69 Å². The molecule has 2 heterocycles. The largest absolute Gasteiger partial charge is 0.390 e. The number of hydrogen-bond acceptors (Lipinski definition) is 5. The van der Waals surface area contributed by atoms with Gasteiger partial charge in [0.25, 0.3) is 10.0 Å². The number of nitrogens with one attached hydrogen (secondary N) is 2. The van der Waals surface area contributed by atoms with E-state index in [0.717, 1.165) is 5.56 Å². The van der Waals surface area contributed by atoms with Crippen molar-refractivity contribution in [1.29, 1.82) is 0 Å². The summed E-state index contributed by atoms with van der Waals surface area (Å²) in [6.07, 6.45) is 0. The zero-order valence-electron chi connectivity index (χ0n) is 11.4. The monoisotopic (exact) mass is 296 g/mol. The van der Waals surface area contributed by atoms with Crippen molar-refractivity contribution < 1.29 is 13.5 Å². The van der Waals surface area contributed by atoms with Crippen LogP contribution in [0, 0.1) is 20.8 Å². The first-order valence-electron chi connectivity index (χ1n) is 5.96. The van der Waals surface area contributed by atoms with Crippen LogP contribution in [-0.2, 0) is 16.6 Å². The molecule has 2 aromatic heterocycles. The average molecular weight is 296 g/mol. The molecule has 0 saturated heterocycles. The molecule has 0 aliphatic carbocycles. The zero-order chi connectivity index (χ0) is 14.9. The van der Waals surface area contributed by atoms with E-state index < -0.39 is 16.6 Å². The highest BCUT2D eigenvalue weighted by atomic mass is 32.2. The van der Waals surface area contributed by atoms with Gasteiger partial charge >= 0.3 is 0 Å². The second kappa shape index (κ2) is 5.22. The fourth-order valence-electron chi connectivity index (χ4n) is 2.02. The lowest BCUT2D eigenvalue weighted by molar-refractivity contribution is 0.273. The Hall–Kier alpha value is -1.93. The third-order valence-corrected chi connectivity index (χ3v) is 4.27. The second-order valence-electron chi connectivity index (χ2n) is 4.56. The van der Waals surface area contributed by atoms with Crippen molar-refractivity contribution in [2.45, 2.75) is 32.3 Å². The number of aromatic nitrogens is 3. The summed E-state index contributed by atoms with van der Waals surface area (Å²) in [4.78, 5) is 4.09. The molecule has 8 heteroatoms. The van der Waals surface area contributed by atoms with Crippen LogP contribution < -0.4 is 4.72 Å². The van der Waals surface area contributed by atoms with Crippen molar-refractivity contribution in [3.63, 3.8) is 0 Å². The first kappa shape index (κ1) is 14.5. The van der Waals surface area contributed by atoms with Gasteiger partial charge in [-0.05, 0) is 38.5 Å². The molecule has 0 bridgehead atoms. The predicted molar refractivity (Wildman–Crippen MR) is 73.8 cm³/mol. The summed E-state index contributed by atoms with van der Waals surface area (Å²) in [6, 6.07) is 3.48. The first-order valence-corrected chi connectivity index (χ1v) is 7.44. The molecule has 0 aromatic carbocycles. The van der Waals surface area contributed by atoms with Crippen LogP contribution >= 0.6 is 0 Å². The summed E-state index contributed by atoms with van der Waals surface area (Å²) >= 11 is 0. The Morgan fingerprint density at radius 2 is 2.00 bits per heavy atom. The van der Waals surface area contributed by atoms with Crippen molar-refractivity contribution in [3.8, 4) is 0 Å².